The first kappa shape index (κ1) is 17.0. The Hall–Kier alpha value is -1.37. The maximum absolute atomic E-state index is 13.6. The predicted molar refractivity (Wildman–Crippen MR) is 76.9 cm³/mol. The van der Waals surface area contributed by atoms with Gasteiger partial charge in [0.15, 0.2) is 5.60 Å². The maximum Gasteiger partial charge on any atom is 0.422 e. The molecule has 2 aromatic rings. The van der Waals surface area contributed by atoms with Gasteiger partial charge in [0.2, 0.25) is 0 Å². The van der Waals surface area contributed by atoms with Crippen molar-refractivity contribution in [3.63, 3.8) is 0 Å². The molecule has 0 radical (unpaired) electrons. The van der Waals surface area contributed by atoms with Crippen molar-refractivity contribution in [3.05, 3.63) is 58.1 Å². The lowest BCUT2D eigenvalue weighted by atomic mass is 9.79. The van der Waals surface area contributed by atoms with E-state index < -0.39 is 23.3 Å². The van der Waals surface area contributed by atoms with Crippen molar-refractivity contribution in [1.29, 1.82) is 0 Å². The van der Waals surface area contributed by atoms with Crippen LogP contribution in [0.25, 0.3) is 0 Å². The predicted octanol–water partition coefficient (Wildman–Crippen LogP) is 4.34. The average Bonchev–Trinajstić information content (AvgIpc) is 2.45. The van der Waals surface area contributed by atoms with E-state index >= 15 is 0 Å². The van der Waals surface area contributed by atoms with Crippen molar-refractivity contribution in [2.75, 3.05) is 0 Å². The summed E-state index contributed by atoms with van der Waals surface area (Å²) in [6.07, 6.45) is -2.00. The number of rotatable bonds is 3. The van der Waals surface area contributed by atoms with Crippen LogP contribution in [0, 0.1) is 0 Å². The number of alkyl halides is 3. The van der Waals surface area contributed by atoms with Crippen molar-refractivity contribution in [2.45, 2.75) is 24.6 Å². The highest BCUT2D eigenvalue weighted by Crippen LogP contribution is 2.49. The van der Waals surface area contributed by atoms with Crippen LogP contribution in [-0.2, 0) is 5.60 Å². The molecule has 2 rings (SSSR count). The van der Waals surface area contributed by atoms with Gasteiger partial charge in [0.05, 0.1) is 0 Å². The fourth-order valence-electron chi connectivity index (χ4n) is 2.23. The molecular formula is C14H11Cl2F3N2O. The highest BCUT2D eigenvalue weighted by atomic mass is 35.5. The van der Waals surface area contributed by atoms with Crippen LogP contribution in [0.1, 0.15) is 24.0 Å². The Labute approximate surface area is 134 Å². The van der Waals surface area contributed by atoms with Crippen molar-refractivity contribution < 1.29 is 18.3 Å². The second kappa shape index (κ2) is 6.02. The number of nitrogens with zero attached hydrogens (tertiary/aromatic N) is 2. The zero-order valence-corrected chi connectivity index (χ0v) is 12.8. The Kier molecular flexibility index (Phi) is 4.65. The van der Waals surface area contributed by atoms with Crippen LogP contribution in [0.4, 0.5) is 13.2 Å². The Morgan fingerprint density at radius 2 is 1.73 bits per heavy atom. The summed E-state index contributed by atoms with van der Waals surface area (Å²) < 4.78 is 40.7. The van der Waals surface area contributed by atoms with Crippen LogP contribution in [0.15, 0.2) is 36.9 Å². The van der Waals surface area contributed by atoms with Gasteiger partial charge in [-0.25, -0.2) is 9.97 Å². The van der Waals surface area contributed by atoms with Gasteiger partial charge in [-0.05, 0) is 17.7 Å². The Morgan fingerprint density at radius 1 is 1.14 bits per heavy atom. The first-order chi connectivity index (χ1) is 10.2. The molecule has 118 valence electrons. The zero-order chi connectivity index (χ0) is 16.5. The number of aliphatic hydroxyl groups is 1. The smallest absolute Gasteiger partial charge is 0.376 e. The van der Waals surface area contributed by atoms with Crippen LogP contribution < -0.4 is 0 Å². The summed E-state index contributed by atoms with van der Waals surface area (Å²) in [6, 6.07) is 4.10. The van der Waals surface area contributed by atoms with E-state index in [1.54, 1.807) is 0 Å². The van der Waals surface area contributed by atoms with Gasteiger partial charge in [0, 0.05) is 33.9 Å². The summed E-state index contributed by atoms with van der Waals surface area (Å²) >= 11 is 11.7. The second-order valence-corrected chi connectivity index (χ2v) is 5.62. The van der Waals surface area contributed by atoms with Gasteiger partial charge in [-0.3, -0.25) is 0 Å². The molecule has 0 aliphatic carbocycles. The Morgan fingerprint density at radius 3 is 2.23 bits per heavy atom. The Balaban J connectivity index is 2.60. The minimum Gasteiger partial charge on any atom is -0.376 e. The molecule has 1 aromatic carbocycles. The third kappa shape index (κ3) is 2.91. The largest absolute Gasteiger partial charge is 0.422 e. The fraction of sp³-hybridized carbons (Fsp3) is 0.286. The average molecular weight is 351 g/mol. The normalized spacial score (nSPS) is 16.1. The number of hydrogen-bond donors (Lipinski definition) is 1. The molecule has 0 bridgehead atoms. The quantitative estimate of drug-likeness (QED) is 0.895. The molecule has 8 heteroatoms. The monoisotopic (exact) mass is 350 g/mol. The molecule has 1 N–H and O–H groups in total. The van der Waals surface area contributed by atoms with Crippen LogP contribution in [0.2, 0.25) is 10.0 Å². The van der Waals surface area contributed by atoms with E-state index in [4.69, 9.17) is 23.2 Å². The first-order valence-electron chi connectivity index (χ1n) is 6.17. The molecule has 0 aliphatic rings. The van der Waals surface area contributed by atoms with E-state index in [0.29, 0.717) is 5.02 Å². The summed E-state index contributed by atoms with van der Waals surface area (Å²) in [4.78, 5) is 7.10. The lowest BCUT2D eigenvalue weighted by Crippen LogP contribution is -2.46. The molecule has 2 atom stereocenters. The molecule has 0 amide bonds. The van der Waals surface area contributed by atoms with E-state index in [1.807, 2.05) is 0 Å². The number of benzene rings is 1. The molecular weight excluding hydrogens is 340 g/mol. The standard InChI is InChI=1S/C14H11Cl2F3N2O/c1-8(11-3-2-10(15)4-12(11)16)13(22,14(17,18)19)9-5-20-7-21-6-9/h2-8,22H,1H3/t8-,13-/m0/s1. The Bertz CT molecular complexity index is 667. The molecule has 0 unspecified atom stereocenters. The van der Waals surface area contributed by atoms with Crippen LogP contribution >= 0.6 is 23.2 Å². The summed E-state index contributed by atoms with van der Waals surface area (Å²) in [5.74, 6) is -1.39. The van der Waals surface area contributed by atoms with Crippen LogP contribution in [-0.4, -0.2) is 21.3 Å². The van der Waals surface area contributed by atoms with E-state index in [9.17, 15) is 18.3 Å². The third-order valence-electron chi connectivity index (χ3n) is 3.49. The molecule has 1 aromatic heterocycles. The lowest BCUT2D eigenvalue weighted by Gasteiger charge is -2.36. The summed E-state index contributed by atoms with van der Waals surface area (Å²) in [5.41, 5.74) is -3.51. The zero-order valence-electron chi connectivity index (χ0n) is 11.3. The summed E-state index contributed by atoms with van der Waals surface area (Å²) in [5, 5.41) is 10.8. The number of hydrogen-bond acceptors (Lipinski definition) is 3. The molecule has 0 fully saturated rings. The van der Waals surface area contributed by atoms with Gasteiger partial charge in [-0.15, -0.1) is 0 Å². The lowest BCUT2D eigenvalue weighted by molar-refractivity contribution is -0.274. The van der Waals surface area contributed by atoms with E-state index in [1.165, 1.54) is 25.1 Å². The van der Waals surface area contributed by atoms with E-state index in [0.717, 1.165) is 18.7 Å². The molecule has 0 spiro atoms. The maximum atomic E-state index is 13.6. The highest BCUT2D eigenvalue weighted by Gasteiger charge is 2.59. The van der Waals surface area contributed by atoms with Gasteiger partial charge in [-0.1, -0.05) is 36.2 Å². The van der Waals surface area contributed by atoms with Crippen LogP contribution in [0.5, 0.6) is 0 Å². The van der Waals surface area contributed by atoms with Crippen LogP contribution in [0.3, 0.4) is 0 Å². The molecule has 1 heterocycles. The number of halogens is 5. The topological polar surface area (TPSA) is 46.0 Å². The van der Waals surface area contributed by atoms with Gasteiger partial charge < -0.3 is 5.11 Å². The van der Waals surface area contributed by atoms with Gasteiger partial charge in [0.25, 0.3) is 0 Å². The summed E-state index contributed by atoms with van der Waals surface area (Å²) in [6.45, 7) is 1.23. The van der Waals surface area contributed by atoms with E-state index in [2.05, 4.69) is 9.97 Å². The van der Waals surface area contributed by atoms with Gasteiger partial charge in [-0.2, -0.15) is 13.2 Å². The van der Waals surface area contributed by atoms with Crippen molar-refractivity contribution >= 4 is 23.2 Å². The molecule has 0 saturated heterocycles. The van der Waals surface area contributed by atoms with Crippen molar-refractivity contribution in [2.24, 2.45) is 0 Å². The molecule has 0 aliphatic heterocycles. The highest BCUT2D eigenvalue weighted by molar-refractivity contribution is 6.35. The summed E-state index contributed by atoms with van der Waals surface area (Å²) in [7, 11) is 0. The molecule has 3 nitrogen and oxygen atoms in total. The SMILES string of the molecule is C[C@@H](c1ccc(Cl)cc1Cl)[C@](O)(c1cncnc1)C(F)(F)F. The second-order valence-electron chi connectivity index (χ2n) is 4.78. The minimum absolute atomic E-state index is 0.0412. The number of aromatic nitrogens is 2. The molecule has 0 saturated carbocycles. The minimum atomic E-state index is -4.94. The van der Waals surface area contributed by atoms with Gasteiger partial charge >= 0.3 is 6.18 Å². The molecule has 22 heavy (non-hydrogen) atoms. The fourth-order valence-corrected chi connectivity index (χ4v) is 2.80. The van der Waals surface area contributed by atoms with E-state index in [-0.39, 0.29) is 10.6 Å². The van der Waals surface area contributed by atoms with Gasteiger partial charge in [0.1, 0.15) is 6.33 Å². The van der Waals surface area contributed by atoms with Crippen molar-refractivity contribution in [1.82, 2.24) is 9.97 Å². The third-order valence-corrected chi connectivity index (χ3v) is 4.05. The first-order valence-corrected chi connectivity index (χ1v) is 6.93. The van der Waals surface area contributed by atoms with Crippen molar-refractivity contribution in [3.8, 4) is 0 Å².